The summed E-state index contributed by atoms with van der Waals surface area (Å²) in [7, 11) is 1.21. The fourth-order valence-electron chi connectivity index (χ4n) is 3.45. The Morgan fingerprint density at radius 1 is 1.17 bits per heavy atom. The Kier molecular flexibility index (Phi) is 12.8. The Bertz CT molecular complexity index is 917. The maximum Gasteiger partial charge on any atom is 0.408 e. The first-order valence-electron chi connectivity index (χ1n) is 11.7. The second-order valence-corrected chi connectivity index (χ2v) is 10.3. The zero-order valence-electron chi connectivity index (χ0n) is 22.2. The number of nitrogens with one attached hydrogen (secondary N) is 2. The van der Waals surface area contributed by atoms with E-state index in [4.69, 9.17) is 4.74 Å². The van der Waals surface area contributed by atoms with Gasteiger partial charge in [-0.25, -0.2) is 4.79 Å². The Morgan fingerprint density at radius 3 is 2.39 bits per heavy atom. The van der Waals surface area contributed by atoms with Crippen LogP contribution in [-0.4, -0.2) is 84.3 Å². The Labute approximate surface area is 217 Å². The van der Waals surface area contributed by atoms with E-state index in [9.17, 15) is 24.3 Å². The van der Waals surface area contributed by atoms with E-state index in [0.717, 1.165) is 11.1 Å². The number of thioether (sulfide) groups is 1. The van der Waals surface area contributed by atoms with Gasteiger partial charge in [-0.05, 0) is 64.2 Å². The number of aliphatic hydroxyl groups is 1. The Balaban J connectivity index is 3.47. The van der Waals surface area contributed by atoms with Crippen LogP contribution < -0.4 is 10.6 Å². The van der Waals surface area contributed by atoms with E-state index in [1.54, 1.807) is 33.8 Å². The smallest absolute Gasteiger partial charge is 0.408 e. The molecule has 0 aliphatic rings. The van der Waals surface area contributed by atoms with Crippen LogP contribution in [0.5, 0.6) is 0 Å². The summed E-state index contributed by atoms with van der Waals surface area (Å²) in [5, 5.41) is 15.0. The fourth-order valence-corrected chi connectivity index (χ4v) is 3.92. The summed E-state index contributed by atoms with van der Waals surface area (Å²) >= 11 is 1.50. The highest BCUT2D eigenvalue weighted by Crippen LogP contribution is 2.27. The molecule has 0 radical (unpaired) electrons. The topological polar surface area (TPSA) is 134 Å². The summed E-state index contributed by atoms with van der Waals surface area (Å²) in [4.78, 5) is 52.6. The third kappa shape index (κ3) is 10.1. The second-order valence-electron chi connectivity index (χ2n) is 9.29. The third-order valence-electron chi connectivity index (χ3n) is 5.15. The zero-order valence-corrected chi connectivity index (χ0v) is 23.0. The fraction of sp³-hybridized carbons (Fsp3) is 0.600. The predicted molar refractivity (Wildman–Crippen MR) is 139 cm³/mol. The summed E-state index contributed by atoms with van der Waals surface area (Å²) in [6, 6.07) is 3.34. The average Bonchev–Trinajstić information content (AvgIpc) is 2.80. The van der Waals surface area contributed by atoms with E-state index in [1.165, 1.54) is 23.8 Å². The molecule has 0 aliphatic carbocycles. The highest BCUT2D eigenvalue weighted by molar-refractivity contribution is 7.98. The molecule has 3 amide bonds. The summed E-state index contributed by atoms with van der Waals surface area (Å²) in [5.74, 6) is -1.26. The number of aryl methyl sites for hydroxylation is 2. The number of esters is 1. The largest absolute Gasteiger partial charge is 0.468 e. The van der Waals surface area contributed by atoms with E-state index in [2.05, 4.69) is 15.4 Å². The molecule has 0 fully saturated rings. The first-order chi connectivity index (χ1) is 16.8. The lowest BCUT2D eigenvalue weighted by molar-refractivity contribution is -0.145. The van der Waals surface area contributed by atoms with Crippen LogP contribution in [0.25, 0.3) is 0 Å². The molecule has 2 atom stereocenters. The van der Waals surface area contributed by atoms with E-state index in [1.807, 2.05) is 25.3 Å². The highest BCUT2D eigenvalue weighted by atomic mass is 32.2. The van der Waals surface area contributed by atoms with Crippen LogP contribution in [0, 0.1) is 13.8 Å². The lowest BCUT2D eigenvalue weighted by Crippen LogP contribution is -2.54. The first kappa shape index (κ1) is 31.2. The van der Waals surface area contributed by atoms with Crippen LogP contribution in [0.3, 0.4) is 0 Å². The molecular formula is C25H39N3O7S. The van der Waals surface area contributed by atoms with Gasteiger partial charge in [0.05, 0.1) is 13.7 Å². The quantitative estimate of drug-likeness (QED) is 0.353. The van der Waals surface area contributed by atoms with Crippen molar-refractivity contribution in [3.63, 3.8) is 0 Å². The zero-order chi connectivity index (χ0) is 27.5. The van der Waals surface area contributed by atoms with Crippen LogP contribution in [-0.2, 0) is 23.9 Å². The molecule has 36 heavy (non-hydrogen) atoms. The SMILES string of the molecule is COC(=O)CNC(=O)C(c1cc(C)ccc1C)N(CCO)C(=O)C(CCSC)NC(=O)OC(C)(C)C. The number of aliphatic hydroxyl groups excluding tert-OH is 1. The molecule has 11 heteroatoms. The number of benzene rings is 1. The van der Waals surface area contributed by atoms with Gasteiger partial charge in [-0.2, -0.15) is 11.8 Å². The molecule has 0 heterocycles. The predicted octanol–water partition coefficient (Wildman–Crippen LogP) is 2.10. The number of nitrogens with zero attached hydrogens (tertiary/aromatic N) is 1. The van der Waals surface area contributed by atoms with Gasteiger partial charge < -0.3 is 30.1 Å². The minimum absolute atomic E-state index is 0.172. The number of hydrogen-bond donors (Lipinski definition) is 3. The van der Waals surface area contributed by atoms with Crippen molar-refractivity contribution in [2.24, 2.45) is 0 Å². The minimum Gasteiger partial charge on any atom is -0.468 e. The van der Waals surface area contributed by atoms with Gasteiger partial charge in [0.25, 0.3) is 0 Å². The molecule has 0 saturated heterocycles. The second kappa shape index (κ2) is 14.7. The molecule has 0 bridgehead atoms. The van der Waals surface area contributed by atoms with E-state index >= 15 is 0 Å². The molecule has 3 N–H and O–H groups in total. The summed E-state index contributed by atoms with van der Waals surface area (Å²) in [6.07, 6.45) is 1.40. The van der Waals surface area contributed by atoms with Gasteiger partial charge in [0.15, 0.2) is 0 Å². The van der Waals surface area contributed by atoms with Crippen LogP contribution in [0.1, 0.15) is 49.9 Å². The van der Waals surface area contributed by atoms with Crippen LogP contribution in [0.4, 0.5) is 4.79 Å². The van der Waals surface area contributed by atoms with Crippen LogP contribution >= 0.6 is 11.8 Å². The lowest BCUT2D eigenvalue weighted by Gasteiger charge is -2.34. The molecule has 1 aromatic rings. The molecule has 1 aromatic carbocycles. The molecule has 0 saturated carbocycles. The van der Waals surface area contributed by atoms with Gasteiger partial charge in [-0.1, -0.05) is 23.8 Å². The molecule has 0 spiro atoms. The summed E-state index contributed by atoms with van der Waals surface area (Å²) in [6.45, 7) is 7.83. The number of carbonyl (C=O) groups is 4. The molecule has 0 aliphatic heterocycles. The molecule has 10 nitrogen and oxygen atoms in total. The van der Waals surface area contributed by atoms with Gasteiger partial charge in [0, 0.05) is 6.54 Å². The maximum atomic E-state index is 13.8. The lowest BCUT2D eigenvalue weighted by atomic mass is 9.96. The van der Waals surface area contributed by atoms with E-state index < -0.39 is 48.2 Å². The number of ether oxygens (including phenoxy) is 2. The number of carbonyl (C=O) groups excluding carboxylic acids is 4. The van der Waals surface area contributed by atoms with Crippen molar-refractivity contribution in [3.05, 3.63) is 34.9 Å². The standard InChI is InChI=1S/C25H39N3O7S/c1-16-8-9-17(2)18(14-16)21(22(31)26-15-20(30)34-6)28(11-12-29)23(32)19(10-13-36-7)27-24(33)35-25(3,4)5/h8-9,14,19,21,29H,10-13,15H2,1-7H3,(H,26,31)(H,27,33). The van der Waals surface area contributed by atoms with Crippen molar-refractivity contribution in [1.29, 1.82) is 0 Å². The average molecular weight is 526 g/mol. The highest BCUT2D eigenvalue weighted by Gasteiger charge is 2.36. The Hall–Kier alpha value is -2.79. The molecule has 1 rings (SSSR count). The number of alkyl carbamates (subject to hydrolysis) is 1. The normalized spacial score (nSPS) is 12.8. The van der Waals surface area contributed by atoms with Gasteiger partial charge in [-0.15, -0.1) is 0 Å². The van der Waals surface area contributed by atoms with E-state index in [-0.39, 0.29) is 19.5 Å². The van der Waals surface area contributed by atoms with E-state index in [0.29, 0.717) is 11.3 Å². The van der Waals surface area contributed by atoms with Crippen molar-refractivity contribution in [3.8, 4) is 0 Å². The van der Waals surface area contributed by atoms with Gasteiger partial charge in [-0.3, -0.25) is 14.4 Å². The van der Waals surface area contributed by atoms with Crippen molar-refractivity contribution in [2.45, 2.75) is 58.7 Å². The molecule has 0 aromatic heterocycles. The monoisotopic (exact) mass is 525 g/mol. The molecule has 202 valence electrons. The minimum atomic E-state index is -1.16. The third-order valence-corrected chi connectivity index (χ3v) is 5.79. The maximum absolute atomic E-state index is 13.8. The number of hydrogen-bond acceptors (Lipinski definition) is 8. The van der Waals surface area contributed by atoms with Crippen LogP contribution in [0.2, 0.25) is 0 Å². The number of methoxy groups -OCH3 is 1. The van der Waals surface area contributed by atoms with Gasteiger partial charge >= 0.3 is 12.1 Å². The summed E-state index contributed by atoms with van der Waals surface area (Å²) in [5.41, 5.74) is 1.38. The molecule has 2 unspecified atom stereocenters. The summed E-state index contributed by atoms with van der Waals surface area (Å²) < 4.78 is 9.95. The molecular weight excluding hydrogens is 486 g/mol. The number of amides is 3. The van der Waals surface area contributed by atoms with Crippen molar-refractivity contribution < 1.29 is 33.8 Å². The van der Waals surface area contributed by atoms with Crippen molar-refractivity contribution >= 4 is 35.6 Å². The van der Waals surface area contributed by atoms with Gasteiger partial charge in [0.2, 0.25) is 11.8 Å². The first-order valence-corrected chi connectivity index (χ1v) is 13.1. The van der Waals surface area contributed by atoms with Crippen molar-refractivity contribution in [2.75, 3.05) is 38.8 Å². The number of rotatable bonds is 12. The van der Waals surface area contributed by atoms with Crippen LogP contribution in [0.15, 0.2) is 18.2 Å². The van der Waals surface area contributed by atoms with Gasteiger partial charge in [0.1, 0.15) is 24.2 Å². The Morgan fingerprint density at radius 2 is 1.83 bits per heavy atom. The van der Waals surface area contributed by atoms with Crippen molar-refractivity contribution in [1.82, 2.24) is 15.5 Å².